The summed E-state index contributed by atoms with van der Waals surface area (Å²) in [5.74, 6) is 0.758. The number of rotatable bonds is 2. The van der Waals surface area contributed by atoms with E-state index in [-0.39, 0.29) is 11.3 Å². The van der Waals surface area contributed by atoms with Crippen molar-refractivity contribution in [2.24, 2.45) is 5.41 Å². The third-order valence-electron chi connectivity index (χ3n) is 4.23. The van der Waals surface area contributed by atoms with Gasteiger partial charge in [-0.05, 0) is 30.9 Å². The molecule has 1 aromatic heterocycles. The summed E-state index contributed by atoms with van der Waals surface area (Å²) < 4.78 is 5.80. The Hall–Kier alpha value is -2.07. The summed E-state index contributed by atoms with van der Waals surface area (Å²) in [6.07, 6.45) is 0.847. The van der Waals surface area contributed by atoms with E-state index >= 15 is 0 Å². The van der Waals surface area contributed by atoms with Crippen molar-refractivity contribution in [3.05, 3.63) is 53.0 Å². The molecule has 1 heterocycles. The summed E-state index contributed by atoms with van der Waals surface area (Å²) in [5.41, 5.74) is 2.23. The molecule has 0 radical (unpaired) electrons. The van der Waals surface area contributed by atoms with Crippen molar-refractivity contribution in [1.82, 2.24) is 0 Å². The molecule has 0 aliphatic heterocycles. The molecule has 0 saturated carbocycles. The Morgan fingerprint density at radius 1 is 1.32 bits per heavy atom. The van der Waals surface area contributed by atoms with Crippen LogP contribution in [0.2, 0.25) is 0 Å². The second kappa shape index (κ2) is 5.29. The summed E-state index contributed by atoms with van der Waals surface area (Å²) >= 11 is 0. The van der Waals surface area contributed by atoms with Crippen molar-refractivity contribution in [3.8, 4) is 0 Å². The first-order chi connectivity index (χ1) is 10.4. The molecule has 4 heteroatoms. The standard InChI is InChI=1S/C18H21NO3/c1-11-15-13(20)9-18(2,3)10-14(15)22-16(11)17(21)19-12-7-5-4-6-8-12/h4-8,13,20H,9-10H2,1-3H3,(H,19,21). The minimum absolute atomic E-state index is 0.0239. The molecule has 2 aromatic rings. The van der Waals surface area contributed by atoms with Crippen LogP contribution in [0.4, 0.5) is 5.69 Å². The van der Waals surface area contributed by atoms with E-state index in [0.29, 0.717) is 12.2 Å². The average molecular weight is 299 g/mol. The number of aliphatic hydroxyl groups is 1. The lowest BCUT2D eigenvalue weighted by Gasteiger charge is -2.31. The number of benzene rings is 1. The van der Waals surface area contributed by atoms with Crippen molar-refractivity contribution < 1.29 is 14.3 Å². The van der Waals surface area contributed by atoms with Gasteiger partial charge in [0.25, 0.3) is 5.91 Å². The van der Waals surface area contributed by atoms with E-state index in [1.807, 2.05) is 37.3 Å². The van der Waals surface area contributed by atoms with Crippen molar-refractivity contribution >= 4 is 11.6 Å². The fraction of sp³-hybridized carbons (Fsp3) is 0.389. The highest BCUT2D eigenvalue weighted by Crippen LogP contribution is 2.43. The minimum Gasteiger partial charge on any atom is -0.455 e. The van der Waals surface area contributed by atoms with Gasteiger partial charge in [-0.2, -0.15) is 0 Å². The number of nitrogens with one attached hydrogen (secondary N) is 1. The molecule has 1 atom stereocenters. The molecule has 0 fully saturated rings. The molecule has 116 valence electrons. The van der Waals surface area contributed by atoms with Gasteiger partial charge in [-0.15, -0.1) is 0 Å². The van der Waals surface area contributed by atoms with Crippen LogP contribution in [0.15, 0.2) is 34.7 Å². The quantitative estimate of drug-likeness (QED) is 0.885. The molecule has 1 aliphatic carbocycles. The van der Waals surface area contributed by atoms with Crippen molar-refractivity contribution in [2.45, 2.75) is 39.7 Å². The first-order valence-electron chi connectivity index (χ1n) is 7.54. The second-order valence-corrected chi connectivity index (χ2v) is 6.77. The highest BCUT2D eigenvalue weighted by Gasteiger charge is 2.37. The molecular weight excluding hydrogens is 278 g/mol. The summed E-state index contributed by atoms with van der Waals surface area (Å²) in [6.45, 7) is 6.03. The number of carbonyl (C=O) groups excluding carboxylic acids is 1. The Bertz CT molecular complexity index is 701. The lowest BCUT2D eigenvalue weighted by atomic mass is 9.75. The van der Waals surface area contributed by atoms with E-state index in [4.69, 9.17) is 4.42 Å². The number of fused-ring (bicyclic) bond motifs is 1. The summed E-state index contributed by atoms with van der Waals surface area (Å²) in [4.78, 5) is 12.4. The van der Waals surface area contributed by atoms with Crippen LogP contribution < -0.4 is 5.32 Å². The van der Waals surface area contributed by atoms with E-state index < -0.39 is 6.10 Å². The van der Waals surface area contributed by atoms with E-state index in [1.165, 1.54) is 0 Å². The van der Waals surface area contributed by atoms with E-state index in [1.54, 1.807) is 0 Å². The summed E-state index contributed by atoms with van der Waals surface area (Å²) in [5, 5.41) is 13.2. The SMILES string of the molecule is Cc1c(C(=O)Nc2ccccc2)oc2c1C(O)CC(C)(C)C2. The average Bonchev–Trinajstić information content (AvgIpc) is 2.75. The summed E-state index contributed by atoms with van der Waals surface area (Å²) in [6, 6.07) is 9.27. The molecule has 3 rings (SSSR count). The molecule has 1 aliphatic rings. The minimum atomic E-state index is -0.569. The lowest BCUT2D eigenvalue weighted by molar-refractivity contribution is 0.0910. The molecule has 0 saturated heterocycles. The monoisotopic (exact) mass is 299 g/mol. The molecule has 1 amide bonds. The van der Waals surface area contributed by atoms with Crippen LogP contribution in [-0.2, 0) is 6.42 Å². The fourth-order valence-electron chi connectivity index (χ4n) is 3.21. The maximum Gasteiger partial charge on any atom is 0.291 e. The number of furan rings is 1. The van der Waals surface area contributed by atoms with Gasteiger partial charge in [0.05, 0.1) is 6.10 Å². The van der Waals surface area contributed by atoms with E-state index in [9.17, 15) is 9.90 Å². The molecule has 4 nitrogen and oxygen atoms in total. The van der Waals surface area contributed by atoms with Gasteiger partial charge in [-0.1, -0.05) is 32.0 Å². The zero-order valence-electron chi connectivity index (χ0n) is 13.1. The fourth-order valence-corrected chi connectivity index (χ4v) is 3.21. The number of carbonyl (C=O) groups is 1. The number of hydrogen-bond donors (Lipinski definition) is 2. The smallest absolute Gasteiger partial charge is 0.291 e. The van der Waals surface area contributed by atoms with Gasteiger partial charge in [-0.3, -0.25) is 4.79 Å². The third-order valence-corrected chi connectivity index (χ3v) is 4.23. The molecule has 0 bridgehead atoms. The van der Waals surface area contributed by atoms with Crippen molar-refractivity contribution in [1.29, 1.82) is 0 Å². The van der Waals surface area contributed by atoms with Crippen LogP contribution in [0.3, 0.4) is 0 Å². The molecule has 1 aromatic carbocycles. The third kappa shape index (κ3) is 2.66. The van der Waals surface area contributed by atoms with E-state index in [2.05, 4.69) is 19.2 Å². The topological polar surface area (TPSA) is 62.5 Å². The summed E-state index contributed by atoms with van der Waals surface area (Å²) in [7, 11) is 0. The van der Waals surface area contributed by atoms with Gasteiger partial charge in [0, 0.05) is 23.2 Å². The number of hydrogen-bond acceptors (Lipinski definition) is 3. The van der Waals surface area contributed by atoms with E-state index in [0.717, 1.165) is 29.0 Å². The Morgan fingerprint density at radius 2 is 2.00 bits per heavy atom. The molecule has 22 heavy (non-hydrogen) atoms. The normalized spacial score (nSPS) is 19.5. The maximum absolute atomic E-state index is 12.4. The van der Waals surface area contributed by atoms with Gasteiger partial charge < -0.3 is 14.8 Å². The Balaban J connectivity index is 1.91. The zero-order chi connectivity index (χ0) is 15.9. The van der Waals surface area contributed by atoms with Gasteiger partial charge in [0.1, 0.15) is 5.76 Å². The van der Waals surface area contributed by atoms with Crippen LogP contribution in [-0.4, -0.2) is 11.0 Å². The predicted octanol–water partition coefficient (Wildman–Crippen LogP) is 3.85. The largest absolute Gasteiger partial charge is 0.455 e. The molecular formula is C18H21NO3. The second-order valence-electron chi connectivity index (χ2n) is 6.77. The highest BCUT2D eigenvalue weighted by molar-refractivity contribution is 6.03. The van der Waals surface area contributed by atoms with Crippen molar-refractivity contribution in [3.63, 3.8) is 0 Å². The van der Waals surface area contributed by atoms with Crippen molar-refractivity contribution in [2.75, 3.05) is 5.32 Å². The Kier molecular flexibility index (Phi) is 3.57. The predicted molar refractivity (Wildman–Crippen MR) is 84.9 cm³/mol. The first kappa shape index (κ1) is 14.9. The number of para-hydroxylation sites is 1. The number of anilines is 1. The molecule has 1 unspecified atom stereocenters. The van der Waals surface area contributed by atoms with Crippen LogP contribution in [0, 0.1) is 12.3 Å². The van der Waals surface area contributed by atoms with Crippen LogP contribution in [0.1, 0.15) is 53.8 Å². The zero-order valence-corrected chi connectivity index (χ0v) is 13.1. The van der Waals surface area contributed by atoms with Crippen LogP contribution in [0.25, 0.3) is 0 Å². The van der Waals surface area contributed by atoms with Crippen LogP contribution in [0.5, 0.6) is 0 Å². The number of amides is 1. The highest BCUT2D eigenvalue weighted by atomic mass is 16.4. The Morgan fingerprint density at radius 3 is 2.68 bits per heavy atom. The van der Waals surface area contributed by atoms with Gasteiger partial charge in [0.2, 0.25) is 0 Å². The van der Waals surface area contributed by atoms with Gasteiger partial charge in [-0.25, -0.2) is 0 Å². The number of aliphatic hydroxyl groups excluding tert-OH is 1. The lowest BCUT2D eigenvalue weighted by Crippen LogP contribution is -2.24. The maximum atomic E-state index is 12.4. The first-order valence-corrected chi connectivity index (χ1v) is 7.54. The molecule has 0 spiro atoms. The van der Waals surface area contributed by atoms with Gasteiger partial charge in [0.15, 0.2) is 5.76 Å². The molecule has 2 N–H and O–H groups in total. The van der Waals surface area contributed by atoms with Crippen LogP contribution >= 0.6 is 0 Å². The Labute approximate surface area is 130 Å². The van der Waals surface area contributed by atoms with Gasteiger partial charge >= 0.3 is 0 Å².